The summed E-state index contributed by atoms with van der Waals surface area (Å²) in [6.45, 7) is -0.716. The number of hydrogen-bond acceptors (Lipinski definition) is 3. The first-order valence-corrected chi connectivity index (χ1v) is 9.57. The number of benzene rings is 2. The van der Waals surface area contributed by atoms with Gasteiger partial charge in [-0.15, -0.1) is 0 Å². The predicted octanol–water partition coefficient (Wildman–Crippen LogP) is 6.23. The number of rotatable bonds is 5. The highest BCUT2D eigenvalue weighted by molar-refractivity contribution is 5.92. The molecule has 2 aromatic heterocycles. The fraction of sp³-hybridized carbons (Fsp3) is 0.130. The standard InChI is InChI=1S/C23H17F4N3O2/c24-13-14-3-5-15(6-4-14)20(21-18(23(25,26)27)2-1-10-28-21)30-22(31)29-17-7-8-19-16(12-17)9-11-32-19/h1-12,20H,13H2,(H2,29,30,31)/t20-/m0/s1. The van der Waals surface area contributed by atoms with Gasteiger partial charge in [0, 0.05) is 17.3 Å². The molecule has 2 aromatic carbocycles. The number of halogens is 4. The molecule has 0 spiro atoms. The second kappa shape index (κ2) is 8.70. The summed E-state index contributed by atoms with van der Waals surface area (Å²) in [5.74, 6) is 0. The topological polar surface area (TPSA) is 67.2 Å². The minimum Gasteiger partial charge on any atom is -0.464 e. The summed E-state index contributed by atoms with van der Waals surface area (Å²) < 4.78 is 59.0. The van der Waals surface area contributed by atoms with E-state index in [-0.39, 0.29) is 5.69 Å². The quantitative estimate of drug-likeness (QED) is 0.360. The molecule has 5 nitrogen and oxygen atoms in total. The molecule has 0 saturated heterocycles. The van der Waals surface area contributed by atoms with Gasteiger partial charge in [-0.1, -0.05) is 24.3 Å². The fourth-order valence-corrected chi connectivity index (χ4v) is 3.34. The Balaban J connectivity index is 1.66. The Morgan fingerprint density at radius 1 is 1.06 bits per heavy atom. The van der Waals surface area contributed by atoms with Crippen LogP contribution in [0.25, 0.3) is 11.0 Å². The third-order valence-corrected chi connectivity index (χ3v) is 4.87. The smallest absolute Gasteiger partial charge is 0.418 e. The van der Waals surface area contributed by atoms with Gasteiger partial charge in [-0.25, -0.2) is 9.18 Å². The average Bonchev–Trinajstić information content (AvgIpc) is 3.25. The van der Waals surface area contributed by atoms with E-state index < -0.39 is 30.5 Å². The number of hydrogen-bond donors (Lipinski definition) is 2. The van der Waals surface area contributed by atoms with E-state index in [0.29, 0.717) is 22.4 Å². The average molecular weight is 443 g/mol. The second-order valence-electron chi connectivity index (χ2n) is 7.01. The lowest BCUT2D eigenvalue weighted by Gasteiger charge is -2.22. The van der Waals surface area contributed by atoms with E-state index in [1.54, 1.807) is 24.3 Å². The van der Waals surface area contributed by atoms with Crippen molar-refractivity contribution in [1.82, 2.24) is 10.3 Å². The van der Waals surface area contributed by atoms with Crippen LogP contribution in [0.4, 0.5) is 28.0 Å². The Labute approximate surface area is 180 Å². The lowest BCUT2D eigenvalue weighted by molar-refractivity contribution is -0.138. The first kappa shape index (κ1) is 21.4. The van der Waals surface area contributed by atoms with Crippen LogP contribution >= 0.6 is 0 Å². The van der Waals surface area contributed by atoms with Crippen molar-refractivity contribution in [2.24, 2.45) is 0 Å². The van der Waals surface area contributed by atoms with Crippen molar-refractivity contribution in [1.29, 1.82) is 0 Å². The maximum absolute atomic E-state index is 13.6. The van der Waals surface area contributed by atoms with Gasteiger partial charge in [0.2, 0.25) is 0 Å². The molecule has 0 fully saturated rings. The van der Waals surface area contributed by atoms with E-state index in [0.717, 1.165) is 11.5 Å². The fourth-order valence-electron chi connectivity index (χ4n) is 3.34. The minimum atomic E-state index is -4.68. The van der Waals surface area contributed by atoms with Gasteiger partial charge in [0.1, 0.15) is 12.3 Å². The van der Waals surface area contributed by atoms with E-state index in [1.807, 2.05) is 0 Å². The van der Waals surface area contributed by atoms with Gasteiger partial charge in [-0.05, 0) is 47.5 Å². The molecule has 0 aliphatic carbocycles. The van der Waals surface area contributed by atoms with Gasteiger partial charge in [0.15, 0.2) is 0 Å². The number of urea groups is 1. The van der Waals surface area contributed by atoms with Crippen LogP contribution in [0.15, 0.2) is 77.5 Å². The molecule has 2 amide bonds. The van der Waals surface area contributed by atoms with Crippen molar-refractivity contribution in [3.63, 3.8) is 0 Å². The third-order valence-electron chi connectivity index (χ3n) is 4.87. The Morgan fingerprint density at radius 3 is 2.56 bits per heavy atom. The van der Waals surface area contributed by atoms with E-state index in [4.69, 9.17) is 4.42 Å². The summed E-state index contributed by atoms with van der Waals surface area (Å²) in [5, 5.41) is 5.93. The summed E-state index contributed by atoms with van der Waals surface area (Å²) in [6, 6.07) is 12.6. The Morgan fingerprint density at radius 2 is 1.84 bits per heavy atom. The predicted molar refractivity (Wildman–Crippen MR) is 111 cm³/mol. The molecule has 4 aromatic rings. The van der Waals surface area contributed by atoms with Crippen molar-refractivity contribution in [2.45, 2.75) is 18.9 Å². The molecule has 0 aliphatic heterocycles. The number of carbonyl (C=O) groups excluding carboxylic acids is 1. The Bertz CT molecular complexity index is 1240. The highest BCUT2D eigenvalue weighted by Crippen LogP contribution is 2.35. The molecule has 32 heavy (non-hydrogen) atoms. The number of alkyl halides is 4. The zero-order chi connectivity index (χ0) is 22.7. The maximum atomic E-state index is 13.6. The number of pyridine rings is 1. The van der Waals surface area contributed by atoms with Crippen LogP contribution in [0, 0.1) is 0 Å². The van der Waals surface area contributed by atoms with Crippen LogP contribution in [0.3, 0.4) is 0 Å². The number of anilines is 1. The molecule has 2 heterocycles. The first-order valence-electron chi connectivity index (χ1n) is 9.57. The van der Waals surface area contributed by atoms with Gasteiger partial charge in [0.25, 0.3) is 0 Å². The van der Waals surface area contributed by atoms with E-state index in [9.17, 15) is 22.4 Å². The van der Waals surface area contributed by atoms with Crippen LogP contribution in [0.5, 0.6) is 0 Å². The zero-order valence-corrected chi connectivity index (χ0v) is 16.5. The first-order chi connectivity index (χ1) is 15.3. The molecular formula is C23H17F4N3O2. The molecule has 0 aliphatic rings. The van der Waals surface area contributed by atoms with Crippen molar-refractivity contribution < 1.29 is 26.8 Å². The van der Waals surface area contributed by atoms with E-state index >= 15 is 0 Å². The number of furan rings is 1. The Kier molecular flexibility index (Phi) is 5.81. The van der Waals surface area contributed by atoms with Crippen LogP contribution < -0.4 is 10.6 Å². The van der Waals surface area contributed by atoms with Crippen LogP contribution in [0.2, 0.25) is 0 Å². The largest absolute Gasteiger partial charge is 0.464 e. The lowest BCUT2D eigenvalue weighted by Crippen LogP contribution is -2.34. The van der Waals surface area contributed by atoms with Gasteiger partial charge >= 0.3 is 12.2 Å². The molecule has 1 atom stereocenters. The lowest BCUT2D eigenvalue weighted by atomic mass is 9.98. The number of nitrogens with one attached hydrogen (secondary N) is 2. The monoisotopic (exact) mass is 443 g/mol. The zero-order valence-electron chi connectivity index (χ0n) is 16.5. The van der Waals surface area contributed by atoms with Gasteiger partial charge in [-0.3, -0.25) is 4.98 Å². The van der Waals surface area contributed by atoms with E-state index in [2.05, 4.69) is 15.6 Å². The highest BCUT2D eigenvalue weighted by atomic mass is 19.4. The number of carbonyl (C=O) groups is 1. The number of fused-ring (bicyclic) bond motifs is 1. The van der Waals surface area contributed by atoms with Crippen molar-refractivity contribution in [3.05, 3.63) is 95.5 Å². The SMILES string of the molecule is O=C(Nc1ccc2occc2c1)N[C@@H](c1ccc(CF)cc1)c1ncccc1C(F)(F)F. The molecule has 0 saturated carbocycles. The summed E-state index contributed by atoms with van der Waals surface area (Å²) in [4.78, 5) is 16.6. The molecule has 2 N–H and O–H groups in total. The summed E-state index contributed by atoms with van der Waals surface area (Å²) >= 11 is 0. The molecule has 0 bridgehead atoms. The van der Waals surface area contributed by atoms with E-state index in [1.165, 1.54) is 42.8 Å². The van der Waals surface area contributed by atoms with Crippen molar-refractivity contribution in [2.75, 3.05) is 5.32 Å². The normalized spacial score (nSPS) is 12.5. The molecular weight excluding hydrogens is 426 g/mol. The number of nitrogens with zero attached hydrogens (tertiary/aromatic N) is 1. The maximum Gasteiger partial charge on any atom is 0.418 e. The highest BCUT2D eigenvalue weighted by Gasteiger charge is 2.37. The second-order valence-corrected chi connectivity index (χ2v) is 7.01. The van der Waals surface area contributed by atoms with Crippen molar-refractivity contribution >= 4 is 22.7 Å². The molecule has 9 heteroatoms. The number of amides is 2. The molecule has 164 valence electrons. The molecule has 4 rings (SSSR count). The van der Waals surface area contributed by atoms with Crippen molar-refractivity contribution in [3.8, 4) is 0 Å². The van der Waals surface area contributed by atoms with Crippen LogP contribution in [-0.2, 0) is 12.9 Å². The Hall–Kier alpha value is -3.88. The van der Waals surface area contributed by atoms with Gasteiger partial charge in [0.05, 0.1) is 23.6 Å². The summed E-state index contributed by atoms with van der Waals surface area (Å²) in [6.07, 6.45) is -1.95. The third kappa shape index (κ3) is 4.56. The minimum absolute atomic E-state index is 0.326. The number of aromatic nitrogens is 1. The summed E-state index contributed by atoms with van der Waals surface area (Å²) in [7, 11) is 0. The van der Waals surface area contributed by atoms with Crippen LogP contribution in [-0.4, -0.2) is 11.0 Å². The summed E-state index contributed by atoms with van der Waals surface area (Å²) in [5.41, 5.74) is 0.410. The van der Waals surface area contributed by atoms with Gasteiger partial charge < -0.3 is 15.1 Å². The molecule has 0 radical (unpaired) electrons. The van der Waals surface area contributed by atoms with Crippen LogP contribution in [0.1, 0.15) is 28.4 Å². The molecule has 0 unspecified atom stereocenters. The van der Waals surface area contributed by atoms with Gasteiger partial charge in [-0.2, -0.15) is 13.2 Å².